The number of sulfonamides is 1. The predicted molar refractivity (Wildman–Crippen MR) is 128 cm³/mol. The van der Waals surface area contributed by atoms with Gasteiger partial charge in [0, 0.05) is 35.7 Å². The number of amides is 1. The highest BCUT2D eigenvalue weighted by Crippen LogP contribution is 2.24. The van der Waals surface area contributed by atoms with E-state index in [4.69, 9.17) is 0 Å². The molecule has 0 aliphatic heterocycles. The van der Waals surface area contributed by atoms with Crippen LogP contribution >= 0.6 is 0 Å². The third-order valence-corrected chi connectivity index (χ3v) is 7.51. The summed E-state index contributed by atoms with van der Waals surface area (Å²) in [6.07, 6.45) is 2.99. The van der Waals surface area contributed by atoms with Gasteiger partial charge in [0.1, 0.15) is 12.7 Å². The predicted octanol–water partition coefficient (Wildman–Crippen LogP) is 2.45. The first-order valence-electron chi connectivity index (χ1n) is 10.7. The third-order valence-electron chi connectivity index (χ3n) is 5.47. The number of anilines is 1. The van der Waals surface area contributed by atoms with Gasteiger partial charge in [0.2, 0.25) is 15.6 Å². The van der Waals surface area contributed by atoms with Crippen molar-refractivity contribution in [3.8, 4) is 0 Å². The number of nitrogens with zero attached hydrogens (tertiary/aromatic N) is 4. The summed E-state index contributed by atoms with van der Waals surface area (Å²) < 4.78 is 29.0. The first kappa shape index (κ1) is 23.3. The zero-order valence-corrected chi connectivity index (χ0v) is 19.5. The van der Waals surface area contributed by atoms with Gasteiger partial charge in [0.05, 0.1) is 17.0 Å². The van der Waals surface area contributed by atoms with Crippen LogP contribution in [0.5, 0.6) is 0 Å². The molecule has 4 aromatic rings. The van der Waals surface area contributed by atoms with Gasteiger partial charge in [0.25, 0.3) is 5.91 Å². The number of H-pyrrole nitrogens is 1. The van der Waals surface area contributed by atoms with E-state index in [1.807, 2.05) is 12.1 Å². The van der Waals surface area contributed by atoms with Crippen LogP contribution in [0.2, 0.25) is 0 Å². The Balaban J connectivity index is 1.74. The van der Waals surface area contributed by atoms with E-state index in [-0.39, 0.29) is 10.5 Å². The second-order valence-corrected chi connectivity index (χ2v) is 9.49. The van der Waals surface area contributed by atoms with Gasteiger partial charge >= 0.3 is 0 Å². The number of pyridine rings is 1. The topological polar surface area (TPSA) is 130 Å². The van der Waals surface area contributed by atoms with Gasteiger partial charge in [-0.05, 0) is 29.8 Å². The normalized spacial score (nSPS) is 11.7. The van der Waals surface area contributed by atoms with Crippen molar-refractivity contribution in [2.45, 2.75) is 25.3 Å². The van der Waals surface area contributed by atoms with Crippen LogP contribution in [0.15, 0.2) is 70.9 Å². The quantitative estimate of drug-likeness (QED) is 0.398. The summed E-state index contributed by atoms with van der Waals surface area (Å²) in [5, 5.41) is 7.27. The molecule has 0 spiro atoms. The summed E-state index contributed by atoms with van der Waals surface area (Å²) in [6, 6.07) is 12.8. The molecule has 2 aromatic heterocycles. The molecule has 2 aromatic carbocycles. The van der Waals surface area contributed by atoms with E-state index in [1.165, 1.54) is 34.9 Å². The lowest BCUT2D eigenvalue weighted by Gasteiger charge is -2.19. The van der Waals surface area contributed by atoms with Crippen molar-refractivity contribution < 1.29 is 13.2 Å². The molecule has 11 heteroatoms. The summed E-state index contributed by atoms with van der Waals surface area (Å²) in [4.78, 5) is 32.2. The molecule has 34 heavy (non-hydrogen) atoms. The van der Waals surface area contributed by atoms with E-state index >= 15 is 0 Å². The zero-order chi connectivity index (χ0) is 24.3. The molecule has 0 aliphatic carbocycles. The number of benzene rings is 2. The summed E-state index contributed by atoms with van der Waals surface area (Å²) in [6.45, 7) is 4.54. The fraction of sp³-hybridized carbons (Fsp3) is 0.217. The molecular weight excluding hydrogens is 456 g/mol. The number of nitrogens with one attached hydrogen (secondary N) is 2. The molecule has 0 radical (unpaired) electrons. The van der Waals surface area contributed by atoms with Crippen LogP contribution in [0.25, 0.3) is 10.9 Å². The van der Waals surface area contributed by atoms with Crippen LogP contribution in [0.3, 0.4) is 0 Å². The Morgan fingerprint density at radius 1 is 1.12 bits per heavy atom. The molecule has 0 saturated carbocycles. The second-order valence-electron chi connectivity index (χ2n) is 7.55. The standard InChI is InChI=1S/C23H24N6O4S/c1-3-29(4-2)34(32,33)17-9-10-21-18(11-17)19(12-22(30)26-21)23(31)27-20-8-6-5-7-16(20)13-28-15-24-14-25-28/h5-12,14-15H,3-4,13H2,1-2H3,(H,26,30)(H,27,31). The highest BCUT2D eigenvalue weighted by atomic mass is 32.2. The number of carbonyl (C=O) groups excluding carboxylic acids is 1. The Morgan fingerprint density at radius 2 is 1.88 bits per heavy atom. The van der Waals surface area contributed by atoms with E-state index in [2.05, 4.69) is 20.4 Å². The number of aromatic nitrogens is 4. The lowest BCUT2D eigenvalue weighted by Crippen LogP contribution is -2.30. The summed E-state index contributed by atoms with van der Waals surface area (Å²) >= 11 is 0. The van der Waals surface area contributed by atoms with Gasteiger partial charge in [-0.25, -0.2) is 18.1 Å². The largest absolute Gasteiger partial charge is 0.322 e. The maximum absolute atomic E-state index is 13.3. The molecule has 0 fully saturated rings. The Hall–Kier alpha value is -3.83. The Morgan fingerprint density at radius 3 is 2.59 bits per heavy atom. The van der Waals surface area contributed by atoms with Crippen molar-refractivity contribution in [3.05, 3.63) is 82.7 Å². The second kappa shape index (κ2) is 9.57. The Kier molecular flexibility index (Phi) is 6.57. The minimum absolute atomic E-state index is 0.0522. The van der Waals surface area contributed by atoms with E-state index in [1.54, 1.807) is 37.0 Å². The van der Waals surface area contributed by atoms with Crippen molar-refractivity contribution in [2.75, 3.05) is 18.4 Å². The fourth-order valence-corrected chi connectivity index (χ4v) is 5.24. The maximum atomic E-state index is 13.3. The minimum Gasteiger partial charge on any atom is -0.322 e. The Bertz CT molecular complexity index is 1490. The van der Waals surface area contributed by atoms with E-state index in [0.717, 1.165) is 5.56 Å². The van der Waals surface area contributed by atoms with E-state index < -0.39 is 21.5 Å². The smallest absolute Gasteiger partial charge is 0.256 e. The molecule has 0 atom stereocenters. The van der Waals surface area contributed by atoms with E-state index in [9.17, 15) is 18.0 Å². The zero-order valence-electron chi connectivity index (χ0n) is 18.7. The van der Waals surface area contributed by atoms with Crippen molar-refractivity contribution >= 4 is 32.5 Å². The number of carbonyl (C=O) groups is 1. The van der Waals surface area contributed by atoms with Crippen molar-refractivity contribution in [1.82, 2.24) is 24.1 Å². The average molecular weight is 481 g/mol. The summed E-state index contributed by atoms with van der Waals surface area (Å²) in [7, 11) is -3.75. The molecule has 0 aliphatic rings. The number of para-hydroxylation sites is 1. The van der Waals surface area contributed by atoms with Crippen LogP contribution in [0, 0.1) is 0 Å². The maximum Gasteiger partial charge on any atom is 0.256 e. The van der Waals surface area contributed by atoms with Crippen LogP contribution in [0.1, 0.15) is 29.8 Å². The average Bonchev–Trinajstić information content (AvgIpc) is 3.33. The number of rotatable bonds is 8. The monoisotopic (exact) mass is 480 g/mol. The number of hydrogen-bond donors (Lipinski definition) is 2. The van der Waals surface area contributed by atoms with Crippen LogP contribution in [0.4, 0.5) is 5.69 Å². The van der Waals surface area contributed by atoms with Gasteiger partial charge in [0.15, 0.2) is 0 Å². The molecular formula is C23H24N6O4S. The van der Waals surface area contributed by atoms with Gasteiger partial charge in [-0.1, -0.05) is 32.0 Å². The van der Waals surface area contributed by atoms with E-state index in [0.29, 0.717) is 36.2 Å². The molecule has 4 rings (SSSR count). The van der Waals surface area contributed by atoms with Crippen molar-refractivity contribution in [1.29, 1.82) is 0 Å². The van der Waals surface area contributed by atoms with Gasteiger partial charge in [-0.15, -0.1) is 0 Å². The first-order valence-corrected chi connectivity index (χ1v) is 12.2. The van der Waals surface area contributed by atoms with Crippen molar-refractivity contribution in [3.63, 3.8) is 0 Å². The molecule has 1 amide bonds. The first-order chi connectivity index (χ1) is 16.3. The lowest BCUT2D eigenvalue weighted by molar-refractivity contribution is 0.102. The van der Waals surface area contributed by atoms with Gasteiger partial charge in [-0.2, -0.15) is 9.40 Å². The summed E-state index contributed by atoms with van der Waals surface area (Å²) in [5.41, 5.74) is 1.31. The highest BCUT2D eigenvalue weighted by molar-refractivity contribution is 7.89. The minimum atomic E-state index is -3.75. The molecule has 2 heterocycles. The Labute approximate surface area is 196 Å². The SMILES string of the molecule is CCN(CC)S(=O)(=O)c1ccc2[nH]c(=O)cc(C(=O)Nc3ccccc3Cn3cncn3)c2c1. The number of aromatic amines is 1. The van der Waals surface area contributed by atoms with Crippen LogP contribution in [-0.4, -0.2) is 51.5 Å². The molecule has 0 bridgehead atoms. The molecule has 0 saturated heterocycles. The molecule has 176 valence electrons. The van der Waals surface area contributed by atoms with Crippen LogP contribution in [-0.2, 0) is 16.6 Å². The van der Waals surface area contributed by atoms with Gasteiger partial charge in [-0.3, -0.25) is 9.59 Å². The molecule has 0 unspecified atom stereocenters. The molecule has 10 nitrogen and oxygen atoms in total. The highest BCUT2D eigenvalue weighted by Gasteiger charge is 2.23. The number of hydrogen-bond acceptors (Lipinski definition) is 6. The summed E-state index contributed by atoms with van der Waals surface area (Å²) in [5.74, 6) is -0.528. The van der Waals surface area contributed by atoms with Crippen LogP contribution < -0.4 is 10.9 Å². The molecule has 2 N–H and O–H groups in total. The van der Waals surface area contributed by atoms with Crippen molar-refractivity contribution in [2.24, 2.45) is 0 Å². The lowest BCUT2D eigenvalue weighted by atomic mass is 10.1. The van der Waals surface area contributed by atoms with Gasteiger partial charge < -0.3 is 10.3 Å². The third kappa shape index (κ3) is 4.61. The fourth-order valence-electron chi connectivity index (χ4n) is 3.75. The number of fused-ring (bicyclic) bond motifs is 1.